The number of hydrogen-bond acceptors (Lipinski definition) is 4. The van der Waals surface area contributed by atoms with Gasteiger partial charge in [0.2, 0.25) is 5.75 Å². The Morgan fingerprint density at radius 2 is 2.12 bits per heavy atom. The van der Waals surface area contributed by atoms with Gasteiger partial charge in [0.15, 0.2) is 0 Å². The third kappa shape index (κ3) is 2.65. The third-order valence-electron chi connectivity index (χ3n) is 1.96. The molecule has 92 valence electrons. The van der Waals surface area contributed by atoms with Gasteiger partial charge in [-0.05, 0) is 12.5 Å². The molecule has 0 fully saturated rings. The number of nitro groups is 1. The molecule has 8 heteroatoms. The highest BCUT2D eigenvalue weighted by Crippen LogP contribution is 2.34. The first-order valence-corrected chi connectivity index (χ1v) is 4.30. The van der Waals surface area contributed by atoms with Crippen molar-refractivity contribution in [3.63, 3.8) is 0 Å². The molecule has 1 aromatic carbocycles. The molecule has 0 bridgehead atoms. The highest BCUT2D eigenvalue weighted by Gasteiger charge is 2.27. The molecule has 0 aromatic heterocycles. The van der Waals surface area contributed by atoms with E-state index in [4.69, 9.17) is 5.11 Å². The summed E-state index contributed by atoms with van der Waals surface area (Å²) >= 11 is 0. The molecule has 0 spiro atoms. The molecule has 17 heavy (non-hydrogen) atoms. The zero-order valence-electron chi connectivity index (χ0n) is 8.52. The summed E-state index contributed by atoms with van der Waals surface area (Å²) in [6, 6.07) is 2.07. The lowest BCUT2D eigenvalue weighted by molar-refractivity contribution is -0.386. The lowest BCUT2D eigenvalue weighted by Crippen LogP contribution is -2.11. The van der Waals surface area contributed by atoms with Crippen LogP contribution in [0.1, 0.15) is 15.9 Å². The number of carboxylic acids is 1. The van der Waals surface area contributed by atoms with Crippen LogP contribution in [-0.2, 0) is 0 Å². The summed E-state index contributed by atoms with van der Waals surface area (Å²) in [6.45, 7) is -2.01. The molecule has 0 aliphatic heterocycles. The van der Waals surface area contributed by atoms with Gasteiger partial charge in [-0.3, -0.25) is 10.1 Å². The summed E-state index contributed by atoms with van der Waals surface area (Å²) in [4.78, 5) is 20.4. The van der Waals surface area contributed by atoms with Crippen LogP contribution in [0, 0.1) is 17.0 Å². The molecule has 0 saturated carbocycles. The van der Waals surface area contributed by atoms with Crippen LogP contribution >= 0.6 is 0 Å². The number of nitrogens with zero attached hydrogens (tertiary/aromatic N) is 1. The van der Waals surface area contributed by atoms with Crippen LogP contribution in [0.25, 0.3) is 0 Å². The molecular formula is C9H7F2NO5. The zero-order chi connectivity index (χ0) is 13.2. The van der Waals surface area contributed by atoms with Crippen LogP contribution < -0.4 is 4.74 Å². The summed E-state index contributed by atoms with van der Waals surface area (Å²) in [6.07, 6.45) is 0. The van der Waals surface area contributed by atoms with Crippen LogP contribution in [-0.4, -0.2) is 22.6 Å². The third-order valence-corrected chi connectivity index (χ3v) is 1.96. The number of aryl methyl sites for hydroxylation is 1. The fraction of sp³-hybridized carbons (Fsp3) is 0.222. The Hall–Kier alpha value is -2.25. The quantitative estimate of drug-likeness (QED) is 0.650. The fourth-order valence-corrected chi connectivity index (χ4v) is 1.29. The number of carbonyl (C=O) groups is 1. The number of alkyl halides is 2. The predicted molar refractivity (Wildman–Crippen MR) is 51.4 cm³/mol. The maximum Gasteiger partial charge on any atom is 0.387 e. The lowest BCUT2D eigenvalue weighted by Gasteiger charge is -2.10. The minimum atomic E-state index is -3.34. The first-order valence-electron chi connectivity index (χ1n) is 4.30. The average Bonchev–Trinajstić information content (AvgIpc) is 2.15. The Morgan fingerprint density at radius 1 is 1.53 bits per heavy atom. The monoisotopic (exact) mass is 247 g/mol. The number of carboxylic acid groups (broad SMARTS) is 1. The Kier molecular flexibility index (Phi) is 3.56. The van der Waals surface area contributed by atoms with E-state index >= 15 is 0 Å². The molecule has 0 aliphatic carbocycles. The van der Waals surface area contributed by atoms with E-state index < -0.39 is 34.5 Å². The Labute approximate surface area is 93.6 Å². The van der Waals surface area contributed by atoms with Crippen molar-refractivity contribution in [2.24, 2.45) is 0 Å². The minimum Gasteiger partial charge on any atom is -0.478 e. The van der Waals surface area contributed by atoms with E-state index in [9.17, 15) is 23.7 Å². The average molecular weight is 247 g/mol. The normalized spacial score (nSPS) is 10.4. The molecular weight excluding hydrogens is 240 g/mol. The van der Waals surface area contributed by atoms with Gasteiger partial charge in [-0.25, -0.2) is 4.79 Å². The SMILES string of the molecule is Cc1ccc([N+](=O)[O-])c(OC(F)F)c1C(=O)O. The van der Waals surface area contributed by atoms with Crippen molar-refractivity contribution in [2.75, 3.05) is 0 Å². The Morgan fingerprint density at radius 3 is 2.53 bits per heavy atom. The smallest absolute Gasteiger partial charge is 0.387 e. The van der Waals surface area contributed by atoms with Crippen molar-refractivity contribution in [3.8, 4) is 5.75 Å². The molecule has 1 rings (SSSR count). The number of nitro benzene ring substituents is 1. The Bertz CT molecular complexity index is 475. The number of benzene rings is 1. The molecule has 0 radical (unpaired) electrons. The molecule has 1 aromatic rings. The van der Waals surface area contributed by atoms with Gasteiger partial charge in [0.25, 0.3) is 0 Å². The number of halogens is 2. The van der Waals surface area contributed by atoms with Gasteiger partial charge in [-0.1, -0.05) is 6.07 Å². The standard InChI is InChI=1S/C9H7F2NO5/c1-4-2-3-5(12(15)16)7(17-9(10)11)6(4)8(13)14/h2-3,9H,1H3,(H,13,14). The molecule has 0 unspecified atom stereocenters. The van der Waals surface area contributed by atoms with Gasteiger partial charge in [-0.2, -0.15) is 8.78 Å². The number of aromatic carboxylic acids is 1. The van der Waals surface area contributed by atoms with Crippen molar-refractivity contribution < 1.29 is 28.3 Å². The number of ether oxygens (including phenoxy) is 1. The molecule has 0 atom stereocenters. The highest BCUT2D eigenvalue weighted by atomic mass is 19.3. The van der Waals surface area contributed by atoms with Crippen LogP contribution in [0.2, 0.25) is 0 Å². The van der Waals surface area contributed by atoms with E-state index in [1.807, 2.05) is 0 Å². The summed E-state index contributed by atoms with van der Waals surface area (Å²) < 4.78 is 28.1. The number of hydrogen-bond donors (Lipinski definition) is 1. The lowest BCUT2D eigenvalue weighted by atomic mass is 10.1. The van der Waals surface area contributed by atoms with Crippen LogP contribution in [0.3, 0.4) is 0 Å². The van der Waals surface area contributed by atoms with Gasteiger partial charge in [-0.15, -0.1) is 0 Å². The van der Waals surface area contributed by atoms with E-state index in [-0.39, 0.29) is 5.56 Å². The number of rotatable bonds is 4. The van der Waals surface area contributed by atoms with E-state index in [1.165, 1.54) is 6.92 Å². The van der Waals surface area contributed by atoms with Crippen molar-refractivity contribution >= 4 is 11.7 Å². The molecule has 0 aliphatic rings. The zero-order valence-corrected chi connectivity index (χ0v) is 8.52. The van der Waals surface area contributed by atoms with Crippen molar-refractivity contribution in [2.45, 2.75) is 13.5 Å². The van der Waals surface area contributed by atoms with Gasteiger partial charge in [0, 0.05) is 6.07 Å². The van der Waals surface area contributed by atoms with Crippen LogP contribution in [0.4, 0.5) is 14.5 Å². The van der Waals surface area contributed by atoms with Gasteiger partial charge in [0.05, 0.1) is 4.92 Å². The van der Waals surface area contributed by atoms with E-state index in [2.05, 4.69) is 4.74 Å². The fourth-order valence-electron chi connectivity index (χ4n) is 1.29. The van der Waals surface area contributed by atoms with Gasteiger partial charge < -0.3 is 9.84 Å². The maximum absolute atomic E-state index is 12.1. The van der Waals surface area contributed by atoms with Gasteiger partial charge in [0.1, 0.15) is 5.56 Å². The first-order chi connectivity index (χ1) is 7.84. The second-order valence-electron chi connectivity index (χ2n) is 3.05. The summed E-state index contributed by atoms with van der Waals surface area (Å²) in [5.41, 5.74) is -1.36. The largest absolute Gasteiger partial charge is 0.478 e. The van der Waals surface area contributed by atoms with Crippen molar-refractivity contribution in [3.05, 3.63) is 33.4 Å². The molecule has 6 nitrogen and oxygen atoms in total. The summed E-state index contributed by atoms with van der Waals surface area (Å²) in [7, 11) is 0. The topological polar surface area (TPSA) is 89.7 Å². The van der Waals surface area contributed by atoms with E-state index in [1.54, 1.807) is 0 Å². The summed E-state index contributed by atoms with van der Waals surface area (Å²) in [5, 5.41) is 19.4. The van der Waals surface area contributed by atoms with Crippen molar-refractivity contribution in [1.82, 2.24) is 0 Å². The van der Waals surface area contributed by atoms with Crippen LogP contribution in [0.15, 0.2) is 12.1 Å². The van der Waals surface area contributed by atoms with E-state index in [0.29, 0.717) is 0 Å². The second kappa shape index (κ2) is 4.73. The van der Waals surface area contributed by atoms with Gasteiger partial charge >= 0.3 is 18.3 Å². The molecule has 0 heterocycles. The molecule has 1 N–H and O–H groups in total. The molecule has 0 saturated heterocycles. The Balaban J connectivity index is 3.49. The highest BCUT2D eigenvalue weighted by molar-refractivity contribution is 5.94. The maximum atomic E-state index is 12.1. The minimum absolute atomic E-state index is 0.0961. The first kappa shape index (κ1) is 12.8. The van der Waals surface area contributed by atoms with E-state index in [0.717, 1.165) is 12.1 Å². The summed E-state index contributed by atoms with van der Waals surface area (Å²) in [5.74, 6) is -2.50. The van der Waals surface area contributed by atoms with Crippen LogP contribution in [0.5, 0.6) is 5.75 Å². The second-order valence-corrected chi connectivity index (χ2v) is 3.05. The predicted octanol–water partition coefficient (Wildman–Crippen LogP) is 2.20. The molecule has 0 amide bonds. The van der Waals surface area contributed by atoms with Crippen molar-refractivity contribution in [1.29, 1.82) is 0 Å².